The summed E-state index contributed by atoms with van der Waals surface area (Å²) in [5.41, 5.74) is 1.82. The third-order valence-electron chi connectivity index (χ3n) is 4.55. The van der Waals surface area contributed by atoms with Gasteiger partial charge in [0, 0.05) is 30.6 Å². The molecule has 1 amide bonds. The number of hydrogen-bond acceptors (Lipinski definition) is 5. The van der Waals surface area contributed by atoms with Gasteiger partial charge in [-0.2, -0.15) is 0 Å². The molecule has 0 aliphatic carbocycles. The molecule has 0 aliphatic heterocycles. The molecule has 2 rings (SSSR count). The molecule has 0 N–H and O–H groups in total. The minimum atomic E-state index is 0.0262. The Morgan fingerprint density at radius 2 is 1.69 bits per heavy atom. The summed E-state index contributed by atoms with van der Waals surface area (Å²) in [5, 5.41) is 0.678. The molecule has 0 fully saturated rings. The number of carbonyl (C=O) groups excluding carboxylic acids is 1. The van der Waals surface area contributed by atoms with E-state index in [-0.39, 0.29) is 5.91 Å². The highest BCUT2D eigenvalue weighted by Gasteiger charge is 2.18. The number of halogens is 1. The van der Waals surface area contributed by atoms with E-state index >= 15 is 0 Å². The average Bonchev–Trinajstić information content (AvgIpc) is 2.71. The van der Waals surface area contributed by atoms with Crippen molar-refractivity contribution >= 4 is 17.5 Å². The van der Waals surface area contributed by atoms with Gasteiger partial charge < -0.3 is 23.8 Å². The maximum Gasteiger partial charge on any atom is 0.222 e. The van der Waals surface area contributed by atoms with Gasteiger partial charge in [-0.3, -0.25) is 4.79 Å². The normalized spacial score (nSPS) is 10.4. The number of carbonyl (C=O) groups is 1. The lowest BCUT2D eigenvalue weighted by atomic mass is 10.1. The average molecular weight is 422 g/mol. The smallest absolute Gasteiger partial charge is 0.222 e. The predicted octanol–water partition coefficient (Wildman–Crippen LogP) is 4.49. The van der Waals surface area contributed by atoms with Crippen LogP contribution < -0.4 is 18.9 Å². The third kappa shape index (κ3) is 5.94. The standard InChI is InChI=1S/C22H28ClNO5/c1-15-13-17(23)9-11-18(15)29-12-6-7-20(25)24(2)14-16-8-10-19(26-3)22(28-5)21(16)27-4/h8-11,13H,6-7,12,14H2,1-5H3. The second kappa shape index (κ2) is 10.8. The number of nitrogens with zero attached hydrogens (tertiary/aromatic N) is 1. The van der Waals surface area contributed by atoms with E-state index in [4.69, 9.17) is 30.5 Å². The van der Waals surface area contributed by atoms with Crippen LogP contribution in [0.1, 0.15) is 24.0 Å². The number of benzene rings is 2. The van der Waals surface area contributed by atoms with Crippen LogP contribution in [0.25, 0.3) is 0 Å². The Bertz CT molecular complexity index is 840. The summed E-state index contributed by atoms with van der Waals surface area (Å²) in [6.45, 7) is 2.80. The van der Waals surface area contributed by atoms with Crippen LogP contribution in [0.4, 0.5) is 0 Å². The van der Waals surface area contributed by atoms with Gasteiger partial charge in [-0.25, -0.2) is 0 Å². The summed E-state index contributed by atoms with van der Waals surface area (Å²) in [4.78, 5) is 14.2. The SMILES string of the molecule is COc1ccc(CN(C)C(=O)CCCOc2ccc(Cl)cc2C)c(OC)c1OC. The zero-order valence-electron chi connectivity index (χ0n) is 17.6. The molecule has 0 spiro atoms. The number of methoxy groups -OCH3 is 3. The van der Waals surface area contributed by atoms with E-state index in [1.807, 2.05) is 25.1 Å². The van der Waals surface area contributed by atoms with Crippen molar-refractivity contribution in [2.75, 3.05) is 35.0 Å². The highest BCUT2D eigenvalue weighted by Crippen LogP contribution is 2.40. The van der Waals surface area contributed by atoms with Crippen LogP contribution in [-0.2, 0) is 11.3 Å². The molecule has 0 radical (unpaired) electrons. The molecule has 2 aromatic carbocycles. The molecule has 2 aromatic rings. The fourth-order valence-corrected chi connectivity index (χ4v) is 3.23. The van der Waals surface area contributed by atoms with Crippen LogP contribution in [-0.4, -0.2) is 45.8 Å². The quantitative estimate of drug-likeness (QED) is 0.529. The highest BCUT2D eigenvalue weighted by atomic mass is 35.5. The lowest BCUT2D eigenvalue weighted by Crippen LogP contribution is -2.26. The molecule has 29 heavy (non-hydrogen) atoms. The Hall–Kier alpha value is -2.60. The molecule has 0 heterocycles. The van der Waals surface area contributed by atoms with Gasteiger partial charge in [0.15, 0.2) is 11.5 Å². The second-order valence-electron chi connectivity index (χ2n) is 6.61. The maximum absolute atomic E-state index is 12.5. The van der Waals surface area contributed by atoms with Gasteiger partial charge in [0.25, 0.3) is 0 Å². The van der Waals surface area contributed by atoms with Gasteiger partial charge in [0.05, 0.1) is 27.9 Å². The van der Waals surface area contributed by atoms with E-state index in [0.717, 1.165) is 16.9 Å². The number of hydrogen-bond donors (Lipinski definition) is 0. The maximum atomic E-state index is 12.5. The summed E-state index contributed by atoms with van der Waals surface area (Å²) in [6, 6.07) is 9.16. The summed E-state index contributed by atoms with van der Waals surface area (Å²) >= 11 is 5.95. The Morgan fingerprint density at radius 1 is 1.00 bits per heavy atom. The molecule has 158 valence electrons. The van der Waals surface area contributed by atoms with Crippen molar-refractivity contribution in [2.45, 2.75) is 26.3 Å². The van der Waals surface area contributed by atoms with Crippen LogP contribution in [0.5, 0.6) is 23.0 Å². The van der Waals surface area contributed by atoms with Gasteiger partial charge in [-0.1, -0.05) is 11.6 Å². The molecule has 0 bridgehead atoms. The Morgan fingerprint density at radius 3 is 2.31 bits per heavy atom. The first kappa shape index (κ1) is 22.7. The first-order valence-corrected chi connectivity index (χ1v) is 9.69. The minimum absolute atomic E-state index is 0.0262. The van der Waals surface area contributed by atoms with E-state index in [9.17, 15) is 4.79 Å². The van der Waals surface area contributed by atoms with Crippen LogP contribution in [0.3, 0.4) is 0 Å². The van der Waals surface area contributed by atoms with Gasteiger partial charge in [-0.15, -0.1) is 0 Å². The van der Waals surface area contributed by atoms with Crippen molar-refractivity contribution in [3.8, 4) is 23.0 Å². The van der Waals surface area contributed by atoms with Crippen LogP contribution in [0, 0.1) is 6.92 Å². The zero-order valence-corrected chi connectivity index (χ0v) is 18.3. The van der Waals surface area contributed by atoms with Crippen molar-refractivity contribution in [1.82, 2.24) is 4.90 Å². The summed E-state index contributed by atoms with van der Waals surface area (Å²) < 4.78 is 21.9. The molecule has 6 nitrogen and oxygen atoms in total. The van der Waals surface area contributed by atoms with Gasteiger partial charge in [0.1, 0.15) is 5.75 Å². The Labute approximate surface area is 177 Å². The topological polar surface area (TPSA) is 57.2 Å². The van der Waals surface area contributed by atoms with Crippen molar-refractivity contribution in [1.29, 1.82) is 0 Å². The number of rotatable bonds is 10. The summed E-state index contributed by atoms with van der Waals surface area (Å²) in [5.74, 6) is 2.47. The summed E-state index contributed by atoms with van der Waals surface area (Å²) in [6.07, 6.45) is 1.01. The zero-order chi connectivity index (χ0) is 21.4. The molecule has 0 aliphatic rings. The van der Waals surface area contributed by atoms with Crippen molar-refractivity contribution in [3.05, 3.63) is 46.5 Å². The lowest BCUT2D eigenvalue weighted by molar-refractivity contribution is -0.130. The lowest BCUT2D eigenvalue weighted by Gasteiger charge is -2.21. The van der Waals surface area contributed by atoms with E-state index < -0.39 is 0 Å². The van der Waals surface area contributed by atoms with Gasteiger partial charge >= 0.3 is 0 Å². The second-order valence-corrected chi connectivity index (χ2v) is 7.04. The molecule has 0 aromatic heterocycles. The minimum Gasteiger partial charge on any atom is -0.493 e. The van der Waals surface area contributed by atoms with Gasteiger partial charge in [-0.05, 0) is 49.2 Å². The molecule has 0 saturated carbocycles. The number of ether oxygens (including phenoxy) is 4. The number of amides is 1. The van der Waals surface area contributed by atoms with Crippen molar-refractivity contribution in [3.63, 3.8) is 0 Å². The largest absolute Gasteiger partial charge is 0.493 e. The fraction of sp³-hybridized carbons (Fsp3) is 0.409. The Balaban J connectivity index is 1.90. The third-order valence-corrected chi connectivity index (χ3v) is 4.78. The predicted molar refractivity (Wildman–Crippen MR) is 113 cm³/mol. The van der Waals surface area contributed by atoms with Crippen LogP contribution >= 0.6 is 11.6 Å². The van der Waals surface area contributed by atoms with E-state index in [1.165, 1.54) is 0 Å². The van der Waals surface area contributed by atoms with Crippen LogP contribution in [0.15, 0.2) is 30.3 Å². The summed E-state index contributed by atoms with van der Waals surface area (Å²) in [7, 11) is 6.46. The molecule has 0 unspecified atom stereocenters. The van der Waals surface area contributed by atoms with E-state index in [1.54, 1.807) is 45.4 Å². The van der Waals surface area contributed by atoms with Gasteiger partial charge in [0.2, 0.25) is 11.7 Å². The fourth-order valence-electron chi connectivity index (χ4n) is 3.00. The molecular formula is C22H28ClNO5. The molecule has 0 atom stereocenters. The van der Waals surface area contributed by atoms with Crippen molar-refractivity contribution in [2.24, 2.45) is 0 Å². The first-order chi connectivity index (χ1) is 13.9. The Kier molecular flexibility index (Phi) is 8.46. The number of aryl methyl sites for hydroxylation is 1. The molecule has 7 heteroatoms. The monoisotopic (exact) mass is 421 g/mol. The van der Waals surface area contributed by atoms with Crippen LogP contribution in [0.2, 0.25) is 5.02 Å². The van der Waals surface area contributed by atoms with E-state index in [0.29, 0.717) is 48.3 Å². The first-order valence-electron chi connectivity index (χ1n) is 9.32. The van der Waals surface area contributed by atoms with E-state index in [2.05, 4.69) is 0 Å². The molecule has 0 saturated heterocycles. The molecular weight excluding hydrogens is 394 g/mol. The van der Waals surface area contributed by atoms with Crippen molar-refractivity contribution < 1.29 is 23.7 Å². The highest BCUT2D eigenvalue weighted by molar-refractivity contribution is 6.30.